The Bertz CT molecular complexity index is 1280. The van der Waals surface area contributed by atoms with E-state index >= 15 is 0 Å². The topological polar surface area (TPSA) is 86.5 Å². The standard InChI is InChI=1S/C23H17N5O/c29-23(26-16-6-2-1-3-7-16)15-10-11-17-20(14-15)28-22(19-9-5-13-25-19)21(27-17)18-8-4-12-24-18/h1-14,24-25H,(H,26,29). The van der Waals surface area contributed by atoms with Gasteiger partial charge in [0.15, 0.2) is 0 Å². The lowest BCUT2D eigenvalue weighted by molar-refractivity contribution is 0.102. The highest BCUT2D eigenvalue weighted by molar-refractivity contribution is 6.06. The molecule has 1 amide bonds. The molecule has 0 unspecified atom stereocenters. The van der Waals surface area contributed by atoms with Crippen LogP contribution in [0.1, 0.15) is 10.4 Å². The summed E-state index contributed by atoms with van der Waals surface area (Å²) in [6.45, 7) is 0. The van der Waals surface area contributed by atoms with Gasteiger partial charge in [0.2, 0.25) is 0 Å². The fourth-order valence-electron chi connectivity index (χ4n) is 3.25. The van der Waals surface area contributed by atoms with Crippen LogP contribution in [0.5, 0.6) is 0 Å². The Hall–Kier alpha value is -4.19. The van der Waals surface area contributed by atoms with E-state index in [1.807, 2.05) is 73.1 Å². The number of para-hydroxylation sites is 1. The number of amides is 1. The van der Waals surface area contributed by atoms with Gasteiger partial charge in [-0.3, -0.25) is 4.79 Å². The quantitative estimate of drug-likeness (QED) is 0.416. The first kappa shape index (κ1) is 16.9. The van der Waals surface area contributed by atoms with E-state index in [0.717, 1.165) is 34.0 Å². The van der Waals surface area contributed by atoms with Crippen molar-refractivity contribution in [2.45, 2.75) is 0 Å². The summed E-state index contributed by atoms with van der Waals surface area (Å²) in [6, 6.07) is 22.5. The molecule has 5 aromatic rings. The van der Waals surface area contributed by atoms with Crippen molar-refractivity contribution in [3.05, 3.63) is 90.8 Å². The maximum atomic E-state index is 12.7. The summed E-state index contributed by atoms with van der Waals surface area (Å²) in [5.74, 6) is -0.185. The van der Waals surface area contributed by atoms with Gasteiger partial charge in [0.25, 0.3) is 5.91 Å². The van der Waals surface area contributed by atoms with Crippen molar-refractivity contribution in [2.24, 2.45) is 0 Å². The Labute approximate surface area is 166 Å². The Morgan fingerprint density at radius 1 is 0.724 bits per heavy atom. The molecule has 2 aromatic carbocycles. The minimum atomic E-state index is -0.185. The minimum Gasteiger partial charge on any atom is -0.360 e. The van der Waals surface area contributed by atoms with Crippen LogP contribution < -0.4 is 5.32 Å². The molecule has 140 valence electrons. The highest BCUT2D eigenvalue weighted by Crippen LogP contribution is 2.29. The molecular weight excluding hydrogens is 362 g/mol. The van der Waals surface area contributed by atoms with E-state index < -0.39 is 0 Å². The summed E-state index contributed by atoms with van der Waals surface area (Å²) in [5, 5.41) is 2.90. The van der Waals surface area contributed by atoms with Crippen LogP contribution in [-0.4, -0.2) is 25.8 Å². The summed E-state index contributed by atoms with van der Waals surface area (Å²) in [7, 11) is 0. The number of H-pyrrole nitrogens is 2. The average Bonchev–Trinajstić information content (AvgIpc) is 3.47. The number of carbonyl (C=O) groups is 1. The Morgan fingerprint density at radius 2 is 1.38 bits per heavy atom. The van der Waals surface area contributed by atoms with Gasteiger partial charge in [0, 0.05) is 23.6 Å². The van der Waals surface area contributed by atoms with Gasteiger partial charge in [-0.15, -0.1) is 0 Å². The third-order valence-electron chi connectivity index (χ3n) is 4.66. The molecule has 0 atom stereocenters. The first-order valence-corrected chi connectivity index (χ1v) is 9.24. The summed E-state index contributed by atoms with van der Waals surface area (Å²) in [4.78, 5) is 28.7. The van der Waals surface area contributed by atoms with Crippen molar-refractivity contribution in [1.29, 1.82) is 0 Å². The maximum Gasteiger partial charge on any atom is 0.255 e. The smallest absolute Gasteiger partial charge is 0.255 e. The Morgan fingerprint density at radius 3 is 2.00 bits per heavy atom. The van der Waals surface area contributed by atoms with Gasteiger partial charge in [-0.2, -0.15) is 0 Å². The SMILES string of the molecule is O=C(Nc1ccccc1)c1ccc2nc(-c3ccc[nH]3)c(-c3ccc[nH]3)nc2c1. The summed E-state index contributed by atoms with van der Waals surface area (Å²) < 4.78 is 0. The van der Waals surface area contributed by atoms with Crippen molar-refractivity contribution in [3.8, 4) is 22.8 Å². The van der Waals surface area contributed by atoms with Gasteiger partial charge < -0.3 is 15.3 Å². The molecule has 0 saturated carbocycles. The van der Waals surface area contributed by atoms with E-state index in [0.29, 0.717) is 11.1 Å². The monoisotopic (exact) mass is 379 g/mol. The second-order valence-electron chi connectivity index (χ2n) is 6.61. The highest BCUT2D eigenvalue weighted by Gasteiger charge is 2.16. The zero-order chi connectivity index (χ0) is 19.6. The second kappa shape index (κ2) is 7.09. The molecule has 0 aliphatic rings. The van der Waals surface area contributed by atoms with Gasteiger partial charge in [-0.05, 0) is 54.6 Å². The van der Waals surface area contributed by atoms with Crippen LogP contribution in [0.15, 0.2) is 85.2 Å². The second-order valence-corrected chi connectivity index (χ2v) is 6.61. The maximum absolute atomic E-state index is 12.7. The average molecular weight is 379 g/mol. The number of nitrogens with zero attached hydrogens (tertiary/aromatic N) is 2. The van der Waals surface area contributed by atoms with E-state index in [9.17, 15) is 4.79 Å². The number of carbonyl (C=O) groups excluding carboxylic acids is 1. The Kier molecular flexibility index (Phi) is 4.14. The van der Waals surface area contributed by atoms with Crippen LogP contribution >= 0.6 is 0 Å². The lowest BCUT2D eigenvalue weighted by atomic mass is 10.1. The number of anilines is 1. The molecule has 0 aliphatic heterocycles. The largest absolute Gasteiger partial charge is 0.360 e. The number of hydrogen-bond donors (Lipinski definition) is 3. The van der Waals surface area contributed by atoms with E-state index in [4.69, 9.17) is 9.97 Å². The van der Waals surface area contributed by atoms with E-state index in [2.05, 4.69) is 15.3 Å². The number of aromatic nitrogens is 4. The van der Waals surface area contributed by atoms with Gasteiger partial charge in [0.1, 0.15) is 11.4 Å². The van der Waals surface area contributed by atoms with Crippen LogP contribution in [-0.2, 0) is 0 Å². The normalized spacial score (nSPS) is 10.9. The van der Waals surface area contributed by atoms with Crippen LogP contribution in [0.4, 0.5) is 5.69 Å². The molecule has 6 heteroatoms. The molecule has 3 aromatic heterocycles. The number of aromatic amines is 2. The van der Waals surface area contributed by atoms with Gasteiger partial charge in [-0.25, -0.2) is 9.97 Å². The molecule has 0 saturated heterocycles. The van der Waals surface area contributed by atoms with Crippen LogP contribution in [0, 0.1) is 0 Å². The van der Waals surface area contributed by atoms with E-state index in [1.165, 1.54) is 0 Å². The highest BCUT2D eigenvalue weighted by atomic mass is 16.1. The van der Waals surface area contributed by atoms with Crippen molar-refractivity contribution in [3.63, 3.8) is 0 Å². The molecule has 3 heterocycles. The molecule has 0 aliphatic carbocycles. The number of nitrogens with one attached hydrogen (secondary N) is 3. The molecule has 0 radical (unpaired) electrons. The van der Waals surface area contributed by atoms with Crippen molar-refractivity contribution in [1.82, 2.24) is 19.9 Å². The van der Waals surface area contributed by atoms with Gasteiger partial charge >= 0.3 is 0 Å². The molecule has 5 rings (SSSR count). The predicted molar refractivity (Wildman–Crippen MR) is 114 cm³/mol. The minimum absolute atomic E-state index is 0.185. The first-order chi connectivity index (χ1) is 14.3. The van der Waals surface area contributed by atoms with Crippen LogP contribution in [0.3, 0.4) is 0 Å². The Balaban J connectivity index is 1.59. The zero-order valence-corrected chi connectivity index (χ0v) is 15.4. The molecule has 6 nitrogen and oxygen atoms in total. The summed E-state index contributed by atoms with van der Waals surface area (Å²) >= 11 is 0. The van der Waals surface area contributed by atoms with E-state index in [-0.39, 0.29) is 5.91 Å². The van der Waals surface area contributed by atoms with Crippen molar-refractivity contribution < 1.29 is 4.79 Å². The summed E-state index contributed by atoms with van der Waals surface area (Å²) in [6.07, 6.45) is 3.71. The lowest BCUT2D eigenvalue weighted by Crippen LogP contribution is -2.11. The molecule has 29 heavy (non-hydrogen) atoms. The van der Waals surface area contributed by atoms with E-state index in [1.54, 1.807) is 12.1 Å². The molecule has 0 spiro atoms. The van der Waals surface area contributed by atoms with Crippen molar-refractivity contribution in [2.75, 3.05) is 5.32 Å². The molecule has 0 bridgehead atoms. The van der Waals surface area contributed by atoms with Gasteiger partial charge in [-0.1, -0.05) is 18.2 Å². The third kappa shape index (κ3) is 3.27. The summed E-state index contributed by atoms with van der Waals surface area (Å²) in [5.41, 5.74) is 5.89. The fraction of sp³-hybridized carbons (Fsp3) is 0. The molecular formula is C23H17N5O. The molecule has 3 N–H and O–H groups in total. The first-order valence-electron chi connectivity index (χ1n) is 9.24. The number of fused-ring (bicyclic) bond motifs is 1. The number of benzene rings is 2. The van der Waals surface area contributed by atoms with Gasteiger partial charge in [0.05, 0.1) is 22.4 Å². The lowest BCUT2D eigenvalue weighted by Gasteiger charge is -2.10. The van der Waals surface area contributed by atoms with Crippen molar-refractivity contribution >= 4 is 22.6 Å². The zero-order valence-electron chi connectivity index (χ0n) is 15.4. The molecule has 0 fully saturated rings. The fourth-order valence-corrected chi connectivity index (χ4v) is 3.25. The van der Waals surface area contributed by atoms with Crippen LogP contribution in [0.2, 0.25) is 0 Å². The number of rotatable bonds is 4. The van der Waals surface area contributed by atoms with Crippen LogP contribution in [0.25, 0.3) is 33.8 Å². The number of hydrogen-bond acceptors (Lipinski definition) is 3. The third-order valence-corrected chi connectivity index (χ3v) is 4.66. The predicted octanol–water partition coefficient (Wildman–Crippen LogP) is 4.87.